The van der Waals surface area contributed by atoms with Gasteiger partial charge in [-0.3, -0.25) is 0 Å². The molecule has 0 saturated carbocycles. The predicted molar refractivity (Wildman–Crippen MR) is 75.9 cm³/mol. The van der Waals surface area contributed by atoms with Gasteiger partial charge in [0.1, 0.15) is 12.4 Å². The van der Waals surface area contributed by atoms with Crippen molar-refractivity contribution in [2.75, 3.05) is 25.6 Å². The van der Waals surface area contributed by atoms with Crippen molar-refractivity contribution in [3.05, 3.63) is 36.4 Å². The normalized spacial score (nSPS) is 10.6. The van der Waals surface area contributed by atoms with Gasteiger partial charge in [0.25, 0.3) is 0 Å². The van der Waals surface area contributed by atoms with Crippen LogP contribution < -0.4 is 10.5 Å². The molecule has 100 valence electrons. The quantitative estimate of drug-likeness (QED) is 0.437. The number of nitrogen functional groups attached to an aromatic ring is 1. The van der Waals surface area contributed by atoms with Crippen LogP contribution in [-0.2, 0) is 11.2 Å². The fraction of sp³-hybridized carbons (Fsp3) is 0.467. The van der Waals surface area contributed by atoms with Crippen molar-refractivity contribution in [1.29, 1.82) is 0 Å². The molecule has 0 spiro atoms. The third-order valence-corrected chi connectivity index (χ3v) is 2.39. The minimum absolute atomic E-state index is 0.554. The summed E-state index contributed by atoms with van der Waals surface area (Å²) in [7, 11) is 0. The van der Waals surface area contributed by atoms with E-state index in [1.54, 1.807) is 0 Å². The molecule has 0 fully saturated rings. The molecule has 0 heterocycles. The molecule has 3 heteroatoms. The summed E-state index contributed by atoms with van der Waals surface area (Å²) in [6, 6.07) is 5.67. The van der Waals surface area contributed by atoms with E-state index < -0.39 is 0 Å². The van der Waals surface area contributed by atoms with Gasteiger partial charge in [-0.05, 0) is 36.1 Å². The highest BCUT2D eigenvalue weighted by atomic mass is 16.5. The standard InChI is InChI=1S/C15H23NO2/c1-4-5-13-10-14(16)6-7-15(13)18-9-8-17-11-12(2)3/h4,6-7,10,12H,1,5,8-9,11,16H2,2-3H3. The van der Waals surface area contributed by atoms with Crippen LogP contribution in [0.25, 0.3) is 0 Å². The molecular formula is C15H23NO2. The molecule has 0 radical (unpaired) electrons. The van der Waals surface area contributed by atoms with Crippen molar-refractivity contribution in [2.45, 2.75) is 20.3 Å². The molecule has 0 amide bonds. The molecule has 0 unspecified atom stereocenters. The zero-order chi connectivity index (χ0) is 13.4. The number of nitrogens with two attached hydrogens (primary N) is 1. The molecule has 1 aromatic carbocycles. The first-order valence-corrected chi connectivity index (χ1v) is 6.33. The summed E-state index contributed by atoms with van der Waals surface area (Å²) < 4.78 is 11.2. The highest BCUT2D eigenvalue weighted by Gasteiger charge is 2.03. The molecule has 18 heavy (non-hydrogen) atoms. The maximum absolute atomic E-state index is 5.75. The first kappa shape index (κ1) is 14.6. The maximum atomic E-state index is 5.75. The Kier molecular flexibility index (Phi) is 6.29. The van der Waals surface area contributed by atoms with Gasteiger partial charge >= 0.3 is 0 Å². The second-order valence-electron chi connectivity index (χ2n) is 4.68. The first-order chi connectivity index (χ1) is 8.63. The van der Waals surface area contributed by atoms with Gasteiger partial charge in [0.2, 0.25) is 0 Å². The molecule has 0 aliphatic heterocycles. The van der Waals surface area contributed by atoms with Crippen molar-refractivity contribution in [1.82, 2.24) is 0 Å². The van der Waals surface area contributed by atoms with Gasteiger partial charge in [0, 0.05) is 12.3 Å². The average molecular weight is 249 g/mol. The minimum atomic E-state index is 0.554. The fourth-order valence-electron chi connectivity index (χ4n) is 1.58. The van der Waals surface area contributed by atoms with Crippen LogP contribution in [0, 0.1) is 5.92 Å². The molecule has 1 aromatic rings. The highest BCUT2D eigenvalue weighted by Crippen LogP contribution is 2.22. The fourth-order valence-corrected chi connectivity index (χ4v) is 1.58. The molecule has 0 aromatic heterocycles. The Bertz CT molecular complexity index is 375. The second-order valence-corrected chi connectivity index (χ2v) is 4.68. The maximum Gasteiger partial charge on any atom is 0.123 e. The van der Waals surface area contributed by atoms with E-state index in [1.165, 1.54) is 0 Å². The predicted octanol–water partition coefficient (Wildman–Crippen LogP) is 3.05. The van der Waals surface area contributed by atoms with Crippen LogP contribution in [0.4, 0.5) is 5.69 Å². The van der Waals surface area contributed by atoms with E-state index in [0.29, 0.717) is 19.1 Å². The molecule has 0 atom stereocenters. The van der Waals surface area contributed by atoms with Gasteiger partial charge in [0.15, 0.2) is 0 Å². The van der Waals surface area contributed by atoms with Crippen molar-refractivity contribution in [3.8, 4) is 5.75 Å². The molecule has 0 aliphatic carbocycles. The van der Waals surface area contributed by atoms with Gasteiger partial charge in [-0.15, -0.1) is 6.58 Å². The largest absolute Gasteiger partial charge is 0.491 e. The van der Waals surface area contributed by atoms with E-state index in [-0.39, 0.29) is 0 Å². The summed E-state index contributed by atoms with van der Waals surface area (Å²) >= 11 is 0. The summed E-state index contributed by atoms with van der Waals surface area (Å²) in [4.78, 5) is 0. The monoisotopic (exact) mass is 249 g/mol. The Balaban J connectivity index is 2.43. The molecule has 1 rings (SSSR count). The minimum Gasteiger partial charge on any atom is -0.491 e. The van der Waals surface area contributed by atoms with Gasteiger partial charge < -0.3 is 15.2 Å². The SMILES string of the molecule is C=CCc1cc(N)ccc1OCCOCC(C)C. The highest BCUT2D eigenvalue weighted by molar-refractivity contribution is 5.48. The van der Waals surface area contributed by atoms with Crippen LogP contribution in [0.2, 0.25) is 0 Å². The number of rotatable bonds is 8. The Morgan fingerprint density at radius 2 is 2.11 bits per heavy atom. The number of ether oxygens (including phenoxy) is 2. The molecule has 0 bridgehead atoms. The Hall–Kier alpha value is -1.48. The van der Waals surface area contributed by atoms with Crippen molar-refractivity contribution >= 4 is 5.69 Å². The van der Waals surface area contributed by atoms with Crippen LogP contribution in [0.5, 0.6) is 5.75 Å². The number of hydrogen-bond donors (Lipinski definition) is 1. The first-order valence-electron chi connectivity index (χ1n) is 6.33. The second kappa shape index (κ2) is 7.77. The topological polar surface area (TPSA) is 44.5 Å². The van der Waals surface area contributed by atoms with Gasteiger partial charge in [0.05, 0.1) is 6.61 Å². The summed E-state index contributed by atoms with van der Waals surface area (Å²) in [6.07, 6.45) is 2.60. The lowest BCUT2D eigenvalue weighted by molar-refractivity contribution is 0.0817. The van der Waals surface area contributed by atoms with E-state index in [4.69, 9.17) is 15.2 Å². The number of anilines is 1. The molecule has 2 N–H and O–H groups in total. The molecule has 0 aliphatic rings. The number of benzene rings is 1. The van der Waals surface area contributed by atoms with Crippen LogP contribution in [-0.4, -0.2) is 19.8 Å². The van der Waals surface area contributed by atoms with Crippen LogP contribution in [0.3, 0.4) is 0 Å². The van der Waals surface area contributed by atoms with E-state index in [1.807, 2.05) is 24.3 Å². The summed E-state index contributed by atoms with van der Waals surface area (Å²) in [5.41, 5.74) is 7.56. The smallest absolute Gasteiger partial charge is 0.123 e. The summed E-state index contributed by atoms with van der Waals surface area (Å²) in [5, 5.41) is 0. The zero-order valence-electron chi connectivity index (χ0n) is 11.3. The summed E-state index contributed by atoms with van der Waals surface area (Å²) in [6.45, 7) is 9.92. The Morgan fingerprint density at radius 1 is 1.33 bits per heavy atom. The lowest BCUT2D eigenvalue weighted by atomic mass is 10.1. The van der Waals surface area contributed by atoms with Gasteiger partial charge in [-0.2, -0.15) is 0 Å². The van der Waals surface area contributed by atoms with Crippen LogP contribution in [0.15, 0.2) is 30.9 Å². The van der Waals surface area contributed by atoms with Crippen molar-refractivity contribution in [3.63, 3.8) is 0 Å². The zero-order valence-corrected chi connectivity index (χ0v) is 11.3. The number of hydrogen-bond acceptors (Lipinski definition) is 3. The Morgan fingerprint density at radius 3 is 2.78 bits per heavy atom. The van der Waals surface area contributed by atoms with Gasteiger partial charge in [-0.25, -0.2) is 0 Å². The van der Waals surface area contributed by atoms with Crippen molar-refractivity contribution in [2.24, 2.45) is 5.92 Å². The molecule has 0 saturated heterocycles. The molecular weight excluding hydrogens is 226 g/mol. The third kappa shape index (κ3) is 5.23. The molecule has 3 nitrogen and oxygen atoms in total. The lowest BCUT2D eigenvalue weighted by Gasteiger charge is -2.12. The summed E-state index contributed by atoms with van der Waals surface area (Å²) in [5.74, 6) is 1.41. The number of allylic oxidation sites excluding steroid dienone is 1. The van der Waals surface area contributed by atoms with E-state index >= 15 is 0 Å². The third-order valence-electron chi connectivity index (χ3n) is 2.39. The van der Waals surface area contributed by atoms with Crippen LogP contribution >= 0.6 is 0 Å². The lowest BCUT2D eigenvalue weighted by Crippen LogP contribution is -2.11. The Labute approximate surface area is 110 Å². The van der Waals surface area contributed by atoms with Gasteiger partial charge in [-0.1, -0.05) is 19.9 Å². The average Bonchev–Trinajstić information content (AvgIpc) is 2.31. The van der Waals surface area contributed by atoms with E-state index in [9.17, 15) is 0 Å². The van der Waals surface area contributed by atoms with E-state index in [2.05, 4.69) is 20.4 Å². The van der Waals surface area contributed by atoms with Crippen molar-refractivity contribution < 1.29 is 9.47 Å². The van der Waals surface area contributed by atoms with E-state index in [0.717, 1.165) is 30.0 Å². The van der Waals surface area contributed by atoms with Crippen LogP contribution in [0.1, 0.15) is 19.4 Å².